The predicted octanol–water partition coefficient (Wildman–Crippen LogP) is 0.351. The molecule has 0 fully saturated rings. The van der Waals surface area contributed by atoms with Crippen LogP contribution in [0.4, 0.5) is 0 Å². The van der Waals surface area contributed by atoms with Crippen LogP contribution in [0, 0.1) is 13.8 Å². The number of likely N-dealkylation sites (N-methyl/N-ethyl adjacent to an activating group) is 1. The molecule has 0 spiro atoms. The highest BCUT2D eigenvalue weighted by molar-refractivity contribution is 5.81. The molecule has 1 aromatic rings. The molecule has 102 valence electrons. The third kappa shape index (κ3) is 4.10. The van der Waals surface area contributed by atoms with Gasteiger partial charge in [0.25, 0.3) is 0 Å². The third-order valence-corrected chi connectivity index (χ3v) is 2.96. The Morgan fingerprint density at radius 3 is 2.61 bits per heavy atom. The van der Waals surface area contributed by atoms with Gasteiger partial charge in [-0.15, -0.1) is 0 Å². The molecule has 0 aliphatic carbocycles. The molecular weight excluding hydrogens is 230 g/mol. The standard InChI is InChI=1S/C12H23N5O/c1-9(16(4)5)12(18)13-7-6-8-17-11(3)14-10(2)15-17/h9H,6-8H2,1-5H3,(H,13,18). The number of carbonyl (C=O) groups excluding carboxylic acids is 1. The molecule has 0 aromatic carbocycles. The molecule has 1 aromatic heterocycles. The lowest BCUT2D eigenvalue weighted by atomic mass is 10.3. The zero-order valence-electron chi connectivity index (χ0n) is 11.9. The summed E-state index contributed by atoms with van der Waals surface area (Å²) in [5.74, 6) is 1.77. The Labute approximate surface area is 108 Å². The van der Waals surface area contributed by atoms with Crippen LogP contribution in [0.2, 0.25) is 0 Å². The number of aryl methyl sites for hydroxylation is 3. The first-order chi connectivity index (χ1) is 8.41. The fourth-order valence-corrected chi connectivity index (χ4v) is 1.60. The summed E-state index contributed by atoms with van der Waals surface area (Å²) in [5.41, 5.74) is 0. The van der Waals surface area contributed by atoms with Crippen molar-refractivity contribution in [1.29, 1.82) is 0 Å². The molecule has 1 rings (SSSR count). The number of hydrogen-bond donors (Lipinski definition) is 1. The second-order valence-electron chi connectivity index (χ2n) is 4.71. The van der Waals surface area contributed by atoms with Crippen LogP contribution in [0.1, 0.15) is 25.0 Å². The van der Waals surface area contributed by atoms with Crippen molar-refractivity contribution in [2.24, 2.45) is 0 Å². The number of amides is 1. The van der Waals surface area contributed by atoms with Gasteiger partial charge in [0.2, 0.25) is 5.91 Å². The molecule has 1 amide bonds. The van der Waals surface area contributed by atoms with E-state index >= 15 is 0 Å². The fourth-order valence-electron chi connectivity index (χ4n) is 1.60. The smallest absolute Gasteiger partial charge is 0.237 e. The number of rotatable bonds is 6. The minimum Gasteiger partial charge on any atom is -0.355 e. The van der Waals surface area contributed by atoms with Crippen LogP contribution < -0.4 is 5.32 Å². The Kier molecular flexibility index (Phi) is 5.27. The van der Waals surface area contributed by atoms with Gasteiger partial charge < -0.3 is 5.32 Å². The maximum absolute atomic E-state index is 11.7. The van der Waals surface area contributed by atoms with Gasteiger partial charge >= 0.3 is 0 Å². The van der Waals surface area contributed by atoms with E-state index in [2.05, 4.69) is 15.4 Å². The van der Waals surface area contributed by atoms with Crippen molar-refractivity contribution in [2.75, 3.05) is 20.6 Å². The van der Waals surface area contributed by atoms with Gasteiger partial charge in [0.15, 0.2) is 0 Å². The monoisotopic (exact) mass is 253 g/mol. The Hall–Kier alpha value is -1.43. The van der Waals surface area contributed by atoms with Crippen LogP contribution in [0.25, 0.3) is 0 Å². The first-order valence-corrected chi connectivity index (χ1v) is 6.24. The molecule has 0 bridgehead atoms. The van der Waals surface area contributed by atoms with E-state index in [0.717, 1.165) is 24.6 Å². The van der Waals surface area contributed by atoms with Gasteiger partial charge in [0.1, 0.15) is 11.6 Å². The third-order valence-electron chi connectivity index (χ3n) is 2.96. The minimum atomic E-state index is -0.0969. The van der Waals surface area contributed by atoms with Crippen LogP contribution in [-0.2, 0) is 11.3 Å². The average Bonchev–Trinajstić information content (AvgIpc) is 2.62. The fraction of sp³-hybridized carbons (Fsp3) is 0.750. The Morgan fingerprint density at radius 1 is 1.44 bits per heavy atom. The highest BCUT2D eigenvalue weighted by atomic mass is 16.2. The molecular formula is C12H23N5O. The first-order valence-electron chi connectivity index (χ1n) is 6.24. The number of hydrogen-bond acceptors (Lipinski definition) is 4. The summed E-state index contributed by atoms with van der Waals surface area (Å²) in [5, 5.41) is 7.19. The molecule has 1 atom stereocenters. The zero-order chi connectivity index (χ0) is 13.7. The molecule has 1 heterocycles. The number of carbonyl (C=O) groups is 1. The van der Waals surface area contributed by atoms with Gasteiger partial charge in [-0.1, -0.05) is 0 Å². The largest absolute Gasteiger partial charge is 0.355 e. The van der Waals surface area contributed by atoms with Gasteiger partial charge in [0.05, 0.1) is 6.04 Å². The van der Waals surface area contributed by atoms with E-state index in [1.165, 1.54) is 0 Å². The lowest BCUT2D eigenvalue weighted by molar-refractivity contribution is -0.125. The van der Waals surface area contributed by atoms with Crippen molar-refractivity contribution >= 4 is 5.91 Å². The molecule has 1 unspecified atom stereocenters. The van der Waals surface area contributed by atoms with Gasteiger partial charge in [-0.2, -0.15) is 5.10 Å². The Bertz CT molecular complexity index is 399. The lowest BCUT2D eigenvalue weighted by Crippen LogP contribution is -2.41. The van der Waals surface area contributed by atoms with Crippen molar-refractivity contribution < 1.29 is 4.79 Å². The van der Waals surface area contributed by atoms with E-state index in [-0.39, 0.29) is 11.9 Å². The van der Waals surface area contributed by atoms with Crippen molar-refractivity contribution in [1.82, 2.24) is 25.0 Å². The second kappa shape index (κ2) is 6.49. The van der Waals surface area contributed by atoms with E-state index in [1.54, 1.807) is 0 Å². The van der Waals surface area contributed by atoms with E-state index in [1.807, 2.05) is 44.4 Å². The molecule has 0 radical (unpaired) electrons. The molecule has 18 heavy (non-hydrogen) atoms. The summed E-state index contributed by atoms with van der Waals surface area (Å²) in [6.07, 6.45) is 0.857. The van der Waals surface area contributed by atoms with Gasteiger partial charge in [0, 0.05) is 13.1 Å². The topological polar surface area (TPSA) is 63.1 Å². The van der Waals surface area contributed by atoms with Crippen LogP contribution in [0.15, 0.2) is 0 Å². The van der Waals surface area contributed by atoms with Crippen LogP contribution in [0.3, 0.4) is 0 Å². The van der Waals surface area contributed by atoms with E-state index in [0.29, 0.717) is 6.54 Å². The molecule has 0 aliphatic rings. The van der Waals surface area contributed by atoms with Crippen LogP contribution >= 0.6 is 0 Å². The Balaban J connectivity index is 2.27. The first kappa shape index (κ1) is 14.6. The zero-order valence-corrected chi connectivity index (χ0v) is 11.9. The van der Waals surface area contributed by atoms with Gasteiger partial charge in [-0.25, -0.2) is 4.98 Å². The van der Waals surface area contributed by atoms with Crippen molar-refractivity contribution in [3.63, 3.8) is 0 Å². The molecule has 6 heteroatoms. The summed E-state index contributed by atoms with van der Waals surface area (Å²) >= 11 is 0. The second-order valence-corrected chi connectivity index (χ2v) is 4.71. The minimum absolute atomic E-state index is 0.0616. The summed E-state index contributed by atoms with van der Waals surface area (Å²) < 4.78 is 1.87. The van der Waals surface area contributed by atoms with E-state index in [4.69, 9.17) is 0 Å². The summed E-state index contributed by atoms with van der Waals surface area (Å²) in [6.45, 7) is 7.15. The van der Waals surface area contributed by atoms with Gasteiger partial charge in [-0.3, -0.25) is 14.4 Å². The molecule has 1 N–H and O–H groups in total. The molecule has 0 aliphatic heterocycles. The van der Waals surface area contributed by atoms with Crippen LogP contribution in [0.5, 0.6) is 0 Å². The van der Waals surface area contributed by atoms with Crippen LogP contribution in [-0.4, -0.2) is 52.3 Å². The average molecular weight is 253 g/mol. The number of nitrogens with one attached hydrogen (secondary N) is 1. The van der Waals surface area contributed by atoms with E-state index in [9.17, 15) is 4.79 Å². The maximum Gasteiger partial charge on any atom is 0.237 e. The van der Waals surface area contributed by atoms with Crippen molar-refractivity contribution in [3.05, 3.63) is 11.6 Å². The Morgan fingerprint density at radius 2 is 2.11 bits per heavy atom. The number of nitrogens with zero attached hydrogens (tertiary/aromatic N) is 4. The van der Waals surface area contributed by atoms with Crippen molar-refractivity contribution in [2.45, 2.75) is 39.8 Å². The summed E-state index contributed by atoms with van der Waals surface area (Å²) in [7, 11) is 3.79. The predicted molar refractivity (Wildman–Crippen MR) is 70.3 cm³/mol. The highest BCUT2D eigenvalue weighted by Gasteiger charge is 2.13. The quantitative estimate of drug-likeness (QED) is 0.743. The molecule has 6 nitrogen and oxygen atoms in total. The summed E-state index contributed by atoms with van der Waals surface area (Å²) in [4.78, 5) is 17.8. The highest BCUT2D eigenvalue weighted by Crippen LogP contribution is 1.97. The molecule has 0 saturated heterocycles. The summed E-state index contributed by atoms with van der Waals surface area (Å²) in [6, 6.07) is -0.0969. The number of aromatic nitrogens is 3. The van der Waals surface area contributed by atoms with Gasteiger partial charge in [-0.05, 0) is 41.3 Å². The van der Waals surface area contributed by atoms with Crippen molar-refractivity contribution in [3.8, 4) is 0 Å². The SMILES string of the molecule is Cc1nc(C)n(CCCNC(=O)C(C)N(C)C)n1. The maximum atomic E-state index is 11.7. The molecule has 0 saturated carbocycles. The normalized spacial score (nSPS) is 12.8. The van der Waals surface area contributed by atoms with E-state index < -0.39 is 0 Å². The lowest BCUT2D eigenvalue weighted by Gasteiger charge is -2.18.